The van der Waals surface area contributed by atoms with Crippen LogP contribution in [0.2, 0.25) is 0 Å². The third kappa shape index (κ3) is 9.75. The molecule has 256 valence electrons. The Kier molecular flexibility index (Phi) is 12.1. The second-order valence-electron chi connectivity index (χ2n) is 9.45. The molecule has 0 radical (unpaired) electrons. The van der Waals surface area contributed by atoms with Crippen LogP contribution in [0.15, 0.2) is 113 Å². The fraction of sp³-hybridized carbons (Fsp3) is 0.0370. The van der Waals surface area contributed by atoms with Gasteiger partial charge in [0.15, 0.2) is 0 Å². The zero-order chi connectivity index (χ0) is 36.2. The minimum absolute atomic E-state index is 0.0986. The van der Waals surface area contributed by atoms with Gasteiger partial charge in [0.1, 0.15) is 25.4 Å². The van der Waals surface area contributed by atoms with Gasteiger partial charge < -0.3 is 0 Å². The Morgan fingerprint density at radius 1 is 0.583 bits per heavy atom. The number of nitrogens with two attached hydrogens (primary N) is 2. The normalized spacial score (nSPS) is 12.0. The van der Waals surface area contributed by atoms with E-state index in [2.05, 4.69) is 31.9 Å². The highest BCUT2D eigenvalue weighted by Gasteiger charge is 2.27. The van der Waals surface area contributed by atoms with Crippen LogP contribution in [-0.4, -0.2) is 45.5 Å². The molecule has 0 saturated carbocycles. The average Bonchev–Trinajstić information content (AvgIpc) is 2.99. The number of sulfonamides is 4. The van der Waals surface area contributed by atoms with Crippen molar-refractivity contribution in [2.24, 2.45) is 10.3 Å². The fourth-order valence-corrected chi connectivity index (χ4v) is 8.92. The summed E-state index contributed by atoms with van der Waals surface area (Å²) in [4.78, 5) is 21.7. The third-order valence-corrected chi connectivity index (χ3v) is 12.5. The maximum absolute atomic E-state index is 13.4. The number of carbonyl (C=O) groups excluding carboxylic acids is 2. The first kappa shape index (κ1) is 38.9. The summed E-state index contributed by atoms with van der Waals surface area (Å²) in [6.07, 6.45) is 0. The van der Waals surface area contributed by atoms with Gasteiger partial charge in [-0.2, -0.15) is 0 Å². The van der Waals surface area contributed by atoms with Crippen molar-refractivity contribution in [3.63, 3.8) is 0 Å². The van der Waals surface area contributed by atoms with E-state index in [1.165, 1.54) is 48.5 Å². The van der Waals surface area contributed by atoms with Gasteiger partial charge in [-0.15, -0.1) is 0 Å². The van der Waals surface area contributed by atoms with Crippen LogP contribution in [-0.2, 0) is 40.1 Å². The molecule has 0 aliphatic rings. The fourth-order valence-electron chi connectivity index (χ4n) is 3.71. The van der Waals surface area contributed by atoms with Crippen LogP contribution < -0.4 is 19.7 Å². The molecule has 0 aliphatic heterocycles. The van der Waals surface area contributed by atoms with Crippen molar-refractivity contribution in [1.82, 2.24) is 9.44 Å². The molecule has 0 bridgehead atoms. The van der Waals surface area contributed by atoms with Gasteiger partial charge in [0.2, 0.25) is 20.0 Å². The number of hydrogen-bond donors (Lipinski definition) is 4. The second kappa shape index (κ2) is 14.9. The molecule has 0 aromatic heterocycles. The van der Waals surface area contributed by atoms with E-state index in [9.17, 15) is 47.7 Å². The molecule has 6 N–H and O–H groups in total. The predicted octanol–water partition coefficient (Wildman–Crippen LogP) is 2.88. The number of carbonyl (C=O) groups is 2. The first-order valence-corrected chi connectivity index (χ1v) is 20.3. The summed E-state index contributed by atoms with van der Waals surface area (Å²) in [6, 6.07) is 17.1. The van der Waals surface area contributed by atoms with Gasteiger partial charge in [0, 0.05) is 15.6 Å². The summed E-state index contributed by atoms with van der Waals surface area (Å²) < 4.78 is 113. The average molecular weight is 871 g/mol. The SMILES string of the molecule is Cc1cc(C(=O)NS(=O)(=O)c2ccccc2S(N)(=O)=O)ccc1Br.NS(=O)(=O)c1ccccc1S(=O)(=O)NC(=O)c1ccc(Br)c(F)c1. The first-order valence-electron chi connectivity index (χ1n) is 12.6. The standard InChI is InChI=1S/C14H13BrN2O5S2.C13H10BrFN2O5S2/c1-9-8-10(6-7-11(9)15)14(18)17-24(21,22)13-5-3-2-4-12(13)23(16,19)20;14-9-6-5-8(7-10(9)15)13(18)17-24(21,22)12-4-2-1-3-11(12)23(16,19)20/h2-8H,1H3,(H,17,18)(H2,16,19,20);1-7H,(H,17,18)(H2,16,19,20). The van der Waals surface area contributed by atoms with Crippen molar-refractivity contribution < 1.29 is 47.7 Å². The lowest BCUT2D eigenvalue weighted by molar-refractivity contribution is 0.0972. The van der Waals surface area contributed by atoms with Gasteiger partial charge in [0.25, 0.3) is 31.9 Å². The lowest BCUT2D eigenvalue weighted by atomic mass is 10.1. The van der Waals surface area contributed by atoms with Gasteiger partial charge >= 0.3 is 0 Å². The molecular weight excluding hydrogens is 847 g/mol. The summed E-state index contributed by atoms with van der Waals surface area (Å²) in [5.74, 6) is -2.76. The quantitative estimate of drug-likeness (QED) is 0.202. The third-order valence-electron chi connectivity index (χ3n) is 5.95. The maximum Gasteiger partial charge on any atom is 0.265 e. The van der Waals surface area contributed by atoms with Crippen molar-refractivity contribution in [1.29, 1.82) is 0 Å². The monoisotopic (exact) mass is 868 g/mol. The van der Waals surface area contributed by atoms with Gasteiger partial charge in [-0.05, 0) is 89.1 Å². The molecule has 48 heavy (non-hydrogen) atoms. The summed E-state index contributed by atoms with van der Waals surface area (Å²) >= 11 is 6.18. The highest BCUT2D eigenvalue weighted by atomic mass is 79.9. The smallest absolute Gasteiger partial charge is 0.265 e. The Labute approximate surface area is 292 Å². The number of amides is 2. The first-order chi connectivity index (χ1) is 22.0. The lowest BCUT2D eigenvalue weighted by Crippen LogP contribution is -2.32. The van der Waals surface area contributed by atoms with Crippen LogP contribution in [0.25, 0.3) is 0 Å². The molecule has 0 unspecified atom stereocenters. The molecule has 0 fully saturated rings. The number of primary sulfonamides is 2. The van der Waals surface area contributed by atoms with Crippen LogP contribution in [0, 0.1) is 12.7 Å². The van der Waals surface area contributed by atoms with E-state index in [4.69, 9.17) is 10.3 Å². The molecule has 2 amide bonds. The number of benzene rings is 4. The van der Waals surface area contributed by atoms with Crippen molar-refractivity contribution in [2.45, 2.75) is 26.5 Å². The molecule has 0 spiro atoms. The Bertz CT molecular complexity index is 2210. The van der Waals surface area contributed by atoms with Crippen LogP contribution in [0.4, 0.5) is 4.39 Å². The molecule has 4 rings (SSSR count). The Hall–Kier alpha value is -3.57. The molecule has 0 aliphatic carbocycles. The summed E-state index contributed by atoms with van der Waals surface area (Å²) in [5.41, 5.74) is 0.602. The van der Waals surface area contributed by atoms with Gasteiger partial charge in [0.05, 0.1) is 4.47 Å². The van der Waals surface area contributed by atoms with Crippen molar-refractivity contribution in [3.8, 4) is 0 Å². The van der Waals surface area contributed by atoms with E-state index >= 15 is 0 Å². The van der Waals surface area contributed by atoms with Crippen LogP contribution in [0.3, 0.4) is 0 Å². The van der Waals surface area contributed by atoms with Crippen LogP contribution in [0.5, 0.6) is 0 Å². The molecule has 14 nitrogen and oxygen atoms in total. The summed E-state index contributed by atoms with van der Waals surface area (Å²) in [7, 11) is -17.5. The Morgan fingerprint density at radius 3 is 1.29 bits per heavy atom. The maximum atomic E-state index is 13.4. The molecule has 0 atom stereocenters. The van der Waals surface area contributed by atoms with Crippen molar-refractivity contribution >= 4 is 83.8 Å². The summed E-state index contributed by atoms with van der Waals surface area (Å²) in [6.45, 7) is 1.74. The molecule has 4 aromatic carbocycles. The van der Waals surface area contributed by atoms with Gasteiger partial charge in [-0.25, -0.2) is 57.8 Å². The highest BCUT2D eigenvalue weighted by Crippen LogP contribution is 2.22. The summed E-state index contributed by atoms with van der Waals surface area (Å²) in [5, 5.41) is 10.00. The van der Waals surface area contributed by atoms with Gasteiger partial charge in [-0.1, -0.05) is 40.2 Å². The zero-order valence-electron chi connectivity index (χ0n) is 24.1. The topological polar surface area (TPSA) is 247 Å². The van der Waals surface area contributed by atoms with E-state index in [-0.39, 0.29) is 15.6 Å². The van der Waals surface area contributed by atoms with E-state index in [0.29, 0.717) is 0 Å². The lowest BCUT2D eigenvalue weighted by Gasteiger charge is -2.10. The number of aryl methyl sites for hydroxylation is 1. The second-order valence-corrected chi connectivity index (χ2v) is 17.5. The largest absolute Gasteiger partial charge is 0.268 e. The van der Waals surface area contributed by atoms with Gasteiger partial charge in [-0.3, -0.25) is 9.59 Å². The zero-order valence-corrected chi connectivity index (χ0v) is 30.5. The number of hydrogen-bond acceptors (Lipinski definition) is 10. The highest BCUT2D eigenvalue weighted by molar-refractivity contribution is 9.10. The number of rotatable bonds is 8. The molecular formula is C27H23Br2FN4O10S4. The van der Waals surface area contributed by atoms with Crippen molar-refractivity contribution in [2.75, 3.05) is 0 Å². The minimum atomic E-state index is -4.54. The van der Waals surface area contributed by atoms with E-state index in [1.807, 2.05) is 4.72 Å². The molecule has 0 heterocycles. The Balaban J connectivity index is 0.000000260. The predicted molar refractivity (Wildman–Crippen MR) is 178 cm³/mol. The van der Waals surface area contributed by atoms with Crippen molar-refractivity contribution in [3.05, 3.63) is 116 Å². The van der Waals surface area contributed by atoms with E-state index in [1.54, 1.807) is 17.7 Å². The number of nitrogens with one attached hydrogen (secondary N) is 2. The minimum Gasteiger partial charge on any atom is -0.268 e. The van der Waals surface area contributed by atoms with E-state index < -0.39 is 77.3 Å². The Morgan fingerprint density at radius 2 is 0.938 bits per heavy atom. The number of halogens is 3. The molecule has 4 aromatic rings. The van der Waals surface area contributed by atoms with Crippen LogP contribution in [0.1, 0.15) is 26.3 Å². The van der Waals surface area contributed by atoms with E-state index in [0.717, 1.165) is 40.4 Å². The molecule has 0 saturated heterocycles. The molecule has 21 heteroatoms. The van der Waals surface area contributed by atoms with Crippen LogP contribution >= 0.6 is 31.9 Å².